The van der Waals surface area contributed by atoms with Gasteiger partial charge in [0.15, 0.2) is 5.96 Å². The Morgan fingerprint density at radius 1 is 1.32 bits per heavy atom. The van der Waals surface area contributed by atoms with Gasteiger partial charge in [-0.2, -0.15) is 0 Å². The van der Waals surface area contributed by atoms with Crippen LogP contribution in [0.5, 0.6) is 0 Å². The number of rotatable bonds is 7. The van der Waals surface area contributed by atoms with E-state index < -0.39 is 0 Å². The van der Waals surface area contributed by atoms with Gasteiger partial charge in [-0.1, -0.05) is 30.3 Å². The summed E-state index contributed by atoms with van der Waals surface area (Å²) in [4.78, 5) is 7.18. The van der Waals surface area contributed by atoms with Crippen LogP contribution < -0.4 is 5.32 Å². The monoisotopic (exact) mass is 345 g/mol. The molecular weight excluding hydrogens is 314 g/mol. The Labute approximate surface area is 151 Å². The van der Waals surface area contributed by atoms with Crippen molar-refractivity contribution in [3.05, 3.63) is 35.9 Å². The molecule has 2 saturated heterocycles. The molecule has 2 unspecified atom stereocenters. The number of nitrogens with zero attached hydrogens (tertiary/aromatic N) is 2. The molecule has 25 heavy (non-hydrogen) atoms. The number of ether oxygens (including phenoxy) is 2. The minimum absolute atomic E-state index is 0.307. The summed E-state index contributed by atoms with van der Waals surface area (Å²) in [5.41, 5.74) is 1.24. The Kier molecular flexibility index (Phi) is 7.12. The zero-order valence-electron chi connectivity index (χ0n) is 15.3. The highest BCUT2D eigenvalue weighted by Gasteiger charge is 2.25. The second kappa shape index (κ2) is 9.78. The molecule has 2 heterocycles. The first kappa shape index (κ1) is 18.2. The number of likely N-dealkylation sites (tertiary alicyclic amines) is 1. The van der Waals surface area contributed by atoms with Crippen molar-refractivity contribution in [2.75, 3.05) is 39.4 Å². The smallest absolute Gasteiger partial charge is 0.194 e. The Hall–Kier alpha value is -1.59. The molecule has 0 bridgehead atoms. The van der Waals surface area contributed by atoms with E-state index in [-0.39, 0.29) is 0 Å². The fraction of sp³-hybridized carbons (Fsp3) is 0.650. The maximum absolute atomic E-state index is 5.93. The van der Waals surface area contributed by atoms with E-state index in [9.17, 15) is 0 Å². The molecule has 138 valence electrons. The van der Waals surface area contributed by atoms with Crippen LogP contribution in [-0.2, 0) is 16.1 Å². The average Bonchev–Trinajstić information content (AvgIpc) is 3.32. The van der Waals surface area contributed by atoms with Crippen molar-refractivity contribution in [1.82, 2.24) is 10.2 Å². The Balaban J connectivity index is 1.43. The van der Waals surface area contributed by atoms with Crippen molar-refractivity contribution in [1.29, 1.82) is 0 Å². The van der Waals surface area contributed by atoms with Crippen LogP contribution in [0.15, 0.2) is 35.3 Å². The first-order valence-electron chi connectivity index (χ1n) is 9.61. The van der Waals surface area contributed by atoms with Crippen molar-refractivity contribution in [3.63, 3.8) is 0 Å². The third kappa shape index (κ3) is 5.72. The van der Waals surface area contributed by atoms with Crippen LogP contribution in [0.1, 0.15) is 31.7 Å². The van der Waals surface area contributed by atoms with Crippen LogP contribution in [0.2, 0.25) is 0 Å². The molecule has 0 spiro atoms. The zero-order valence-corrected chi connectivity index (χ0v) is 15.3. The van der Waals surface area contributed by atoms with Gasteiger partial charge in [-0.3, -0.25) is 4.99 Å². The maximum Gasteiger partial charge on any atom is 0.194 e. The van der Waals surface area contributed by atoms with Gasteiger partial charge in [0.1, 0.15) is 0 Å². The molecule has 3 rings (SSSR count). The number of guanidine groups is 1. The number of benzene rings is 1. The summed E-state index contributed by atoms with van der Waals surface area (Å²) >= 11 is 0. The van der Waals surface area contributed by atoms with E-state index in [1.54, 1.807) is 0 Å². The van der Waals surface area contributed by atoms with Gasteiger partial charge in [0, 0.05) is 32.2 Å². The SMILES string of the molecule is CCNC(=NCC1CCCO1)N1CCC(COCc2ccccc2)C1. The highest BCUT2D eigenvalue weighted by molar-refractivity contribution is 5.80. The maximum atomic E-state index is 5.93. The van der Waals surface area contributed by atoms with Gasteiger partial charge in [-0.15, -0.1) is 0 Å². The molecule has 0 radical (unpaired) electrons. The molecule has 2 atom stereocenters. The first-order valence-corrected chi connectivity index (χ1v) is 9.61. The molecule has 0 amide bonds. The second-order valence-corrected chi connectivity index (χ2v) is 6.93. The molecule has 2 aliphatic heterocycles. The van der Waals surface area contributed by atoms with Gasteiger partial charge in [0.05, 0.1) is 25.9 Å². The van der Waals surface area contributed by atoms with Crippen LogP contribution in [0.4, 0.5) is 0 Å². The van der Waals surface area contributed by atoms with Gasteiger partial charge in [-0.05, 0) is 31.7 Å². The summed E-state index contributed by atoms with van der Waals surface area (Å²) < 4.78 is 11.6. The fourth-order valence-corrected chi connectivity index (χ4v) is 3.48. The van der Waals surface area contributed by atoms with Crippen LogP contribution in [-0.4, -0.2) is 56.4 Å². The molecular formula is C20H31N3O2. The molecule has 1 aromatic carbocycles. The quantitative estimate of drug-likeness (QED) is 0.610. The zero-order chi connectivity index (χ0) is 17.3. The van der Waals surface area contributed by atoms with E-state index >= 15 is 0 Å². The van der Waals surface area contributed by atoms with Crippen molar-refractivity contribution in [3.8, 4) is 0 Å². The molecule has 0 saturated carbocycles. The Morgan fingerprint density at radius 3 is 2.96 bits per heavy atom. The molecule has 2 fully saturated rings. The highest BCUT2D eigenvalue weighted by atomic mass is 16.5. The number of nitrogens with one attached hydrogen (secondary N) is 1. The van der Waals surface area contributed by atoms with Gasteiger partial charge in [0.25, 0.3) is 0 Å². The van der Waals surface area contributed by atoms with Crippen LogP contribution in [0, 0.1) is 5.92 Å². The van der Waals surface area contributed by atoms with Crippen LogP contribution >= 0.6 is 0 Å². The highest BCUT2D eigenvalue weighted by Crippen LogP contribution is 2.18. The van der Waals surface area contributed by atoms with Crippen molar-refractivity contribution >= 4 is 5.96 Å². The second-order valence-electron chi connectivity index (χ2n) is 6.93. The molecule has 1 aromatic rings. The lowest BCUT2D eigenvalue weighted by atomic mass is 10.1. The Morgan fingerprint density at radius 2 is 2.20 bits per heavy atom. The molecule has 5 heteroatoms. The summed E-state index contributed by atoms with van der Waals surface area (Å²) in [6.07, 6.45) is 3.78. The first-order chi connectivity index (χ1) is 12.3. The van der Waals surface area contributed by atoms with E-state index in [0.29, 0.717) is 18.6 Å². The van der Waals surface area contributed by atoms with E-state index in [0.717, 1.165) is 51.8 Å². The van der Waals surface area contributed by atoms with Gasteiger partial charge < -0.3 is 19.7 Å². The third-order valence-electron chi connectivity index (χ3n) is 4.85. The van der Waals surface area contributed by atoms with Crippen LogP contribution in [0.25, 0.3) is 0 Å². The van der Waals surface area contributed by atoms with E-state index in [4.69, 9.17) is 14.5 Å². The lowest BCUT2D eigenvalue weighted by Crippen LogP contribution is -2.40. The Bertz CT molecular complexity index is 529. The number of hydrogen-bond acceptors (Lipinski definition) is 3. The summed E-state index contributed by atoms with van der Waals surface area (Å²) in [6.45, 7) is 8.27. The van der Waals surface area contributed by atoms with Crippen molar-refractivity contribution in [2.24, 2.45) is 10.9 Å². The lowest BCUT2D eigenvalue weighted by Gasteiger charge is -2.22. The lowest BCUT2D eigenvalue weighted by molar-refractivity contribution is 0.0906. The topological polar surface area (TPSA) is 46.1 Å². The molecule has 0 aliphatic carbocycles. The summed E-state index contributed by atoms with van der Waals surface area (Å²) in [5.74, 6) is 1.61. The van der Waals surface area contributed by atoms with Gasteiger partial charge in [0.2, 0.25) is 0 Å². The third-order valence-corrected chi connectivity index (χ3v) is 4.85. The van der Waals surface area contributed by atoms with Gasteiger partial charge in [-0.25, -0.2) is 0 Å². The number of hydrogen-bond donors (Lipinski definition) is 1. The average molecular weight is 345 g/mol. The van der Waals surface area contributed by atoms with Crippen LogP contribution in [0.3, 0.4) is 0 Å². The fourth-order valence-electron chi connectivity index (χ4n) is 3.48. The standard InChI is InChI=1S/C20H31N3O2/c1-2-21-20(22-13-19-9-6-12-25-19)23-11-10-18(14-23)16-24-15-17-7-4-3-5-8-17/h3-5,7-8,18-19H,2,6,9-16H2,1H3,(H,21,22). The molecule has 0 aromatic heterocycles. The predicted molar refractivity (Wildman–Crippen MR) is 101 cm³/mol. The summed E-state index contributed by atoms with van der Waals surface area (Å²) in [7, 11) is 0. The summed E-state index contributed by atoms with van der Waals surface area (Å²) in [5, 5.41) is 3.43. The van der Waals surface area contributed by atoms with E-state index in [1.165, 1.54) is 18.4 Å². The van der Waals surface area contributed by atoms with Crippen molar-refractivity contribution in [2.45, 2.75) is 38.9 Å². The molecule has 5 nitrogen and oxygen atoms in total. The van der Waals surface area contributed by atoms with E-state index in [2.05, 4.69) is 41.4 Å². The molecule has 2 aliphatic rings. The largest absolute Gasteiger partial charge is 0.376 e. The normalized spacial score (nSPS) is 24.0. The molecule has 1 N–H and O–H groups in total. The van der Waals surface area contributed by atoms with E-state index in [1.807, 2.05) is 6.07 Å². The number of aliphatic imine (C=N–C) groups is 1. The minimum Gasteiger partial charge on any atom is -0.376 e. The van der Waals surface area contributed by atoms with Crippen molar-refractivity contribution < 1.29 is 9.47 Å². The predicted octanol–water partition coefficient (Wildman–Crippen LogP) is 2.67. The van der Waals surface area contributed by atoms with Gasteiger partial charge >= 0.3 is 0 Å². The minimum atomic E-state index is 0.307. The summed E-state index contributed by atoms with van der Waals surface area (Å²) in [6, 6.07) is 10.4.